The van der Waals surface area contributed by atoms with Gasteiger partial charge in [0.15, 0.2) is 4.87 Å². The maximum atomic E-state index is 14.0. The summed E-state index contributed by atoms with van der Waals surface area (Å²) in [6.45, 7) is 0.484. The van der Waals surface area contributed by atoms with Crippen LogP contribution >= 0.6 is 23.1 Å². The topological polar surface area (TPSA) is 49.9 Å². The molecule has 10 heteroatoms. The molecule has 1 aromatic heterocycles. The number of ether oxygens (including phenoxy) is 1. The van der Waals surface area contributed by atoms with Gasteiger partial charge in [-0.05, 0) is 47.3 Å². The van der Waals surface area contributed by atoms with E-state index in [2.05, 4.69) is 0 Å². The van der Waals surface area contributed by atoms with Gasteiger partial charge in [-0.25, -0.2) is 0 Å². The standard InChI is InChI=1S/C24H19F3N2O3S2/c1-32-17-8-9-19-18(13-17)23(29(10-12-34-23)21(30)20-3-2-11-33-20)22(31)28(19)14-15-4-6-16(7-5-15)24(25,26)27/h2-9,11,13H,10,12,14H2,1H3. The number of methoxy groups -OCH3 is 1. The molecule has 1 spiro atoms. The van der Waals surface area contributed by atoms with Crippen molar-refractivity contribution < 1.29 is 27.5 Å². The van der Waals surface area contributed by atoms with Gasteiger partial charge in [0.05, 0.1) is 29.8 Å². The number of halogens is 3. The lowest BCUT2D eigenvalue weighted by Gasteiger charge is -2.33. The number of carbonyl (C=O) groups is 2. The van der Waals surface area contributed by atoms with Crippen LogP contribution < -0.4 is 9.64 Å². The SMILES string of the molecule is COc1ccc2c(c1)C1(SCCN1C(=O)c1cccs1)C(=O)N2Cc1ccc(C(F)(F)F)cc1. The predicted molar refractivity (Wildman–Crippen MR) is 125 cm³/mol. The minimum Gasteiger partial charge on any atom is -0.497 e. The highest BCUT2D eigenvalue weighted by Gasteiger charge is 2.59. The molecule has 0 aliphatic carbocycles. The van der Waals surface area contributed by atoms with E-state index in [0.717, 1.165) is 12.1 Å². The van der Waals surface area contributed by atoms with Gasteiger partial charge in [-0.3, -0.25) is 9.59 Å². The minimum atomic E-state index is -4.43. The van der Waals surface area contributed by atoms with Gasteiger partial charge in [0, 0.05) is 17.9 Å². The summed E-state index contributed by atoms with van der Waals surface area (Å²) in [5.74, 6) is 0.619. The van der Waals surface area contributed by atoms with Crippen LogP contribution in [0.2, 0.25) is 0 Å². The fraction of sp³-hybridized carbons (Fsp3) is 0.250. The molecule has 0 bridgehead atoms. The Kier molecular flexibility index (Phi) is 5.60. The fourth-order valence-electron chi connectivity index (χ4n) is 4.39. The van der Waals surface area contributed by atoms with E-state index in [1.807, 2.05) is 5.38 Å². The number of nitrogens with zero attached hydrogens (tertiary/aromatic N) is 2. The molecular weight excluding hydrogens is 485 g/mol. The normalized spacial score (nSPS) is 19.7. The zero-order valence-corrected chi connectivity index (χ0v) is 19.6. The number of benzene rings is 2. The number of hydrogen-bond acceptors (Lipinski definition) is 5. The van der Waals surface area contributed by atoms with Gasteiger partial charge >= 0.3 is 6.18 Å². The first-order valence-electron chi connectivity index (χ1n) is 10.4. The number of anilines is 1. The van der Waals surface area contributed by atoms with E-state index in [9.17, 15) is 22.8 Å². The van der Waals surface area contributed by atoms with E-state index >= 15 is 0 Å². The van der Waals surface area contributed by atoms with E-state index in [-0.39, 0.29) is 18.4 Å². The van der Waals surface area contributed by atoms with Crippen molar-refractivity contribution in [1.82, 2.24) is 4.90 Å². The van der Waals surface area contributed by atoms with Crippen molar-refractivity contribution in [3.05, 3.63) is 81.5 Å². The minimum absolute atomic E-state index is 0.0830. The van der Waals surface area contributed by atoms with E-state index in [1.54, 1.807) is 40.1 Å². The number of fused-ring (bicyclic) bond motifs is 2. The lowest BCUT2D eigenvalue weighted by molar-refractivity contribution is -0.137. The smallest absolute Gasteiger partial charge is 0.416 e. The lowest BCUT2D eigenvalue weighted by atomic mass is 10.0. The third-order valence-electron chi connectivity index (χ3n) is 6.00. The van der Waals surface area contributed by atoms with Gasteiger partial charge in [-0.1, -0.05) is 18.2 Å². The van der Waals surface area contributed by atoms with Crippen molar-refractivity contribution >= 4 is 40.6 Å². The highest BCUT2D eigenvalue weighted by molar-refractivity contribution is 8.01. The van der Waals surface area contributed by atoms with E-state index in [1.165, 1.54) is 42.3 Å². The number of thioether (sulfide) groups is 1. The summed E-state index contributed by atoms with van der Waals surface area (Å²) in [5, 5.41) is 1.81. The summed E-state index contributed by atoms with van der Waals surface area (Å²) >= 11 is 2.71. The third kappa shape index (κ3) is 3.56. The van der Waals surface area contributed by atoms with Gasteiger partial charge in [-0.15, -0.1) is 23.1 Å². The predicted octanol–water partition coefficient (Wildman–Crippen LogP) is 5.36. The molecule has 1 atom stereocenters. The Morgan fingerprint density at radius 2 is 1.91 bits per heavy atom. The zero-order chi connectivity index (χ0) is 24.1. The maximum Gasteiger partial charge on any atom is 0.416 e. The first-order valence-corrected chi connectivity index (χ1v) is 12.3. The average Bonchev–Trinajstić information content (AvgIpc) is 3.56. The molecule has 2 aliphatic heterocycles. The number of alkyl halides is 3. The Labute approximate surface area is 202 Å². The number of thiophene rings is 1. The molecule has 2 aromatic carbocycles. The van der Waals surface area contributed by atoms with E-state index in [0.29, 0.717) is 39.7 Å². The second-order valence-corrected chi connectivity index (χ2v) is 10.1. The second-order valence-electron chi connectivity index (χ2n) is 7.90. The van der Waals surface area contributed by atoms with Crippen molar-refractivity contribution in [2.75, 3.05) is 24.3 Å². The first kappa shape index (κ1) is 22.8. The summed E-state index contributed by atoms with van der Waals surface area (Å²) in [6, 6.07) is 13.6. The first-order chi connectivity index (χ1) is 16.3. The number of hydrogen-bond donors (Lipinski definition) is 0. The molecule has 0 N–H and O–H groups in total. The molecule has 2 amide bonds. The molecule has 0 saturated carbocycles. The Morgan fingerprint density at radius 1 is 1.15 bits per heavy atom. The molecule has 3 heterocycles. The van der Waals surface area contributed by atoms with Crippen molar-refractivity contribution in [3.63, 3.8) is 0 Å². The van der Waals surface area contributed by atoms with Crippen LogP contribution in [0.1, 0.15) is 26.4 Å². The summed E-state index contributed by atoms with van der Waals surface area (Å²) in [5.41, 5.74) is 1.07. The molecule has 1 saturated heterocycles. The Bertz CT molecular complexity index is 1250. The molecule has 0 radical (unpaired) electrons. The largest absolute Gasteiger partial charge is 0.497 e. The quantitative estimate of drug-likeness (QED) is 0.480. The number of carbonyl (C=O) groups excluding carboxylic acids is 2. The lowest BCUT2D eigenvalue weighted by Crippen LogP contribution is -2.50. The zero-order valence-electron chi connectivity index (χ0n) is 18.0. The third-order valence-corrected chi connectivity index (χ3v) is 8.28. The van der Waals surface area contributed by atoms with Crippen LogP contribution in [0.15, 0.2) is 60.0 Å². The highest BCUT2D eigenvalue weighted by atomic mass is 32.2. The highest BCUT2D eigenvalue weighted by Crippen LogP contribution is 2.55. The summed E-state index contributed by atoms with van der Waals surface area (Å²) in [7, 11) is 1.53. The van der Waals surface area contributed by atoms with Crippen molar-refractivity contribution in [2.45, 2.75) is 17.6 Å². The van der Waals surface area contributed by atoms with Crippen LogP contribution in [-0.4, -0.2) is 36.1 Å². The Hall–Kier alpha value is -2.98. The molecule has 3 aromatic rings. The molecular formula is C24H19F3N2O3S2. The van der Waals surface area contributed by atoms with E-state index < -0.39 is 16.6 Å². The van der Waals surface area contributed by atoms with Gasteiger partial charge in [0.2, 0.25) is 0 Å². The summed E-state index contributed by atoms with van der Waals surface area (Å²) in [6.07, 6.45) is -4.43. The fourth-order valence-corrected chi connectivity index (χ4v) is 6.52. The number of rotatable bonds is 4. The maximum absolute atomic E-state index is 14.0. The van der Waals surface area contributed by atoms with Gasteiger partial charge in [0.1, 0.15) is 5.75 Å². The monoisotopic (exact) mass is 504 g/mol. The van der Waals surface area contributed by atoms with Gasteiger partial charge in [0.25, 0.3) is 11.8 Å². The molecule has 34 heavy (non-hydrogen) atoms. The van der Waals surface area contributed by atoms with Crippen LogP contribution in [0.4, 0.5) is 18.9 Å². The molecule has 176 valence electrons. The molecule has 5 rings (SSSR count). The van der Waals surface area contributed by atoms with Crippen LogP contribution in [0, 0.1) is 0 Å². The molecule has 2 aliphatic rings. The molecule has 1 unspecified atom stereocenters. The van der Waals surface area contributed by atoms with Gasteiger partial charge < -0.3 is 14.5 Å². The number of amides is 2. The van der Waals surface area contributed by atoms with Crippen LogP contribution in [0.5, 0.6) is 5.75 Å². The Balaban J connectivity index is 1.56. The van der Waals surface area contributed by atoms with Crippen molar-refractivity contribution in [3.8, 4) is 5.75 Å². The molecule has 5 nitrogen and oxygen atoms in total. The summed E-state index contributed by atoms with van der Waals surface area (Å²) < 4.78 is 44.3. The average molecular weight is 505 g/mol. The van der Waals surface area contributed by atoms with Gasteiger partial charge in [-0.2, -0.15) is 13.2 Å². The Morgan fingerprint density at radius 3 is 2.56 bits per heavy atom. The summed E-state index contributed by atoms with van der Waals surface area (Å²) in [4.78, 5) is 29.8. The van der Waals surface area contributed by atoms with Crippen LogP contribution in [0.25, 0.3) is 0 Å². The van der Waals surface area contributed by atoms with Crippen molar-refractivity contribution in [2.24, 2.45) is 0 Å². The van der Waals surface area contributed by atoms with E-state index in [4.69, 9.17) is 4.74 Å². The van der Waals surface area contributed by atoms with Crippen molar-refractivity contribution in [1.29, 1.82) is 0 Å². The molecule has 1 fully saturated rings. The second kappa shape index (κ2) is 8.35. The van der Waals surface area contributed by atoms with Crippen LogP contribution in [-0.2, 0) is 22.4 Å². The van der Waals surface area contributed by atoms with Crippen LogP contribution in [0.3, 0.4) is 0 Å².